The van der Waals surface area contributed by atoms with Gasteiger partial charge in [0.15, 0.2) is 0 Å². The van der Waals surface area contributed by atoms with E-state index in [9.17, 15) is 5.11 Å². The van der Waals surface area contributed by atoms with Gasteiger partial charge in [0, 0.05) is 6.61 Å². The van der Waals surface area contributed by atoms with Crippen LogP contribution >= 0.6 is 0 Å². The normalized spacial score (nSPS) is 30.0. The molecule has 1 rings (SSSR count). The van der Waals surface area contributed by atoms with Crippen LogP contribution in [0.2, 0.25) is 0 Å². The van der Waals surface area contributed by atoms with E-state index in [0.717, 1.165) is 6.42 Å². The predicted octanol–water partition coefficient (Wildman–Crippen LogP) is 2.65. The highest BCUT2D eigenvalue weighted by molar-refractivity contribution is 4.89. The van der Waals surface area contributed by atoms with Gasteiger partial charge in [-0.3, -0.25) is 0 Å². The van der Waals surface area contributed by atoms with Gasteiger partial charge in [-0.2, -0.15) is 0 Å². The second-order valence-electron chi connectivity index (χ2n) is 5.86. The molecule has 0 aliphatic carbocycles. The largest absolute Gasteiger partial charge is 0.394 e. The summed E-state index contributed by atoms with van der Waals surface area (Å²) < 4.78 is 11.2. The van der Waals surface area contributed by atoms with Crippen molar-refractivity contribution >= 4 is 0 Å². The lowest BCUT2D eigenvalue weighted by molar-refractivity contribution is -0.0339. The SMILES string of the molecule is CCCCCCCCCCOC1[C@H](C)O[C@H](CO)[C@@H]1O. The molecule has 1 aliphatic heterocycles. The summed E-state index contributed by atoms with van der Waals surface area (Å²) >= 11 is 0. The highest BCUT2D eigenvalue weighted by Crippen LogP contribution is 2.23. The van der Waals surface area contributed by atoms with Crippen molar-refractivity contribution in [3.63, 3.8) is 0 Å². The van der Waals surface area contributed by atoms with Crippen LogP contribution in [0.25, 0.3) is 0 Å². The average molecular weight is 288 g/mol. The molecule has 0 bridgehead atoms. The van der Waals surface area contributed by atoms with E-state index >= 15 is 0 Å². The highest BCUT2D eigenvalue weighted by Gasteiger charge is 2.41. The fourth-order valence-corrected chi connectivity index (χ4v) is 2.76. The van der Waals surface area contributed by atoms with Gasteiger partial charge in [-0.15, -0.1) is 0 Å². The molecule has 0 radical (unpaired) electrons. The Morgan fingerprint density at radius 3 is 2.15 bits per heavy atom. The summed E-state index contributed by atoms with van der Waals surface area (Å²) in [6, 6.07) is 0. The summed E-state index contributed by atoms with van der Waals surface area (Å²) in [7, 11) is 0. The predicted molar refractivity (Wildman–Crippen MR) is 79.8 cm³/mol. The third kappa shape index (κ3) is 6.08. The second-order valence-corrected chi connectivity index (χ2v) is 5.86. The average Bonchev–Trinajstić information content (AvgIpc) is 2.72. The minimum absolute atomic E-state index is 0.142. The lowest BCUT2D eigenvalue weighted by Gasteiger charge is -2.18. The van der Waals surface area contributed by atoms with Gasteiger partial charge >= 0.3 is 0 Å². The summed E-state index contributed by atoms with van der Waals surface area (Å²) in [5, 5.41) is 19.0. The van der Waals surface area contributed by atoms with Crippen LogP contribution < -0.4 is 0 Å². The molecule has 1 aliphatic rings. The first kappa shape index (κ1) is 17.9. The summed E-state index contributed by atoms with van der Waals surface area (Å²) in [4.78, 5) is 0. The molecule has 120 valence electrons. The Hall–Kier alpha value is -0.160. The van der Waals surface area contributed by atoms with E-state index in [-0.39, 0.29) is 18.8 Å². The van der Waals surface area contributed by atoms with Gasteiger partial charge in [-0.1, -0.05) is 51.9 Å². The Kier molecular flexibility index (Phi) is 9.44. The smallest absolute Gasteiger partial charge is 0.112 e. The van der Waals surface area contributed by atoms with Crippen molar-refractivity contribution in [3.05, 3.63) is 0 Å². The van der Waals surface area contributed by atoms with E-state index in [1.807, 2.05) is 6.92 Å². The van der Waals surface area contributed by atoms with Gasteiger partial charge < -0.3 is 19.7 Å². The van der Waals surface area contributed by atoms with Crippen molar-refractivity contribution in [2.75, 3.05) is 13.2 Å². The molecule has 4 nitrogen and oxygen atoms in total. The van der Waals surface area contributed by atoms with Gasteiger partial charge in [0.25, 0.3) is 0 Å². The minimum atomic E-state index is -0.705. The zero-order valence-electron chi connectivity index (χ0n) is 13.1. The zero-order chi connectivity index (χ0) is 14.8. The molecule has 1 saturated heterocycles. The first-order valence-corrected chi connectivity index (χ1v) is 8.26. The molecule has 0 aromatic rings. The Morgan fingerprint density at radius 1 is 1.00 bits per heavy atom. The first-order valence-electron chi connectivity index (χ1n) is 8.26. The molecule has 0 aromatic carbocycles. The van der Waals surface area contributed by atoms with Crippen molar-refractivity contribution in [1.82, 2.24) is 0 Å². The van der Waals surface area contributed by atoms with E-state index in [2.05, 4.69) is 6.92 Å². The van der Waals surface area contributed by atoms with E-state index in [1.165, 1.54) is 44.9 Å². The summed E-state index contributed by atoms with van der Waals surface area (Å²) in [6.45, 7) is 4.64. The lowest BCUT2D eigenvalue weighted by atomic mass is 10.1. The molecular weight excluding hydrogens is 256 g/mol. The van der Waals surface area contributed by atoms with Crippen molar-refractivity contribution in [3.8, 4) is 0 Å². The first-order chi connectivity index (χ1) is 9.70. The van der Waals surface area contributed by atoms with Crippen molar-refractivity contribution in [2.45, 2.75) is 89.6 Å². The number of ether oxygens (including phenoxy) is 2. The molecule has 0 amide bonds. The highest BCUT2D eigenvalue weighted by atomic mass is 16.6. The number of hydrogen-bond acceptors (Lipinski definition) is 4. The van der Waals surface area contributed by atoms with Gasteiger partial charge in [-0.25, -0.2) is 0 Å². The van der Waals surface area contributed by atoms with E-state index in [4.69, 9.17) is 14.6 Å². The maximum Gasteiger partial charge on any atom is 0.112 e. The molecule has 4 heteroatoms. The quantitative estimate of drug-likeness (QED) is 0.574. The van der Waals surface area contributed by atoms with E-state index in [1.54, 1.807) is 0 Å². The van der Waals surface area contributed by atoms with Crippen molar-refractivity contribution in [2.24, 2.45) is 0 Å². The number of unbranched alkanes of at least 4 members (excludes halogenated alkanes) is 7. The van der Waals surface area contributed by atoms with Gasteiger partial charge in [0.1, 0.15) is 18.3 Å². The zero-order valence-corrected chi connectivity index (χ0v) is 13.1. The van der Waals surface area contributed by atoms with Crippen LogP contribution in [0.5, 0.6) is 0 Å². The third-order valence-corrected chi connectivity index (χ3v) is 4.06. The van der Waals surface area contributed by atoms with Crippen LogP contribution in [0.1, 0.15) is 65.2 Å². The Bertz CT molecular complexity index is 235. The molecule has 0 aromatic heterocycles. The van der Waals surface area contributed by atoms with Gasteiger partial charge in [0.2, 0.25) is 0 Å². The molecule has 4 atom stereocenters. The number of rotatable bonds is 11. The molecule has 0 spiro atoms. The van der Waals surface area contributed by atoms with Crippen LogP contribution in [0.15, 0.2) is 0 Å². The second kappa shape index (κ2) is 10.6. The van der Waals surface area contributed by atoms with Crippen LogP contribution in [0.3, 0.4) is 0 Å². The van der Waals surface area contributed by atoms with Gasteiger partial charge in [-0.05, 0) is 13.3 Å². The van der Waals surface area contributed by atoms with E-state index < -0.39 is 12.2 Å². The van der Waals surface area contributed by atoms with Crippen LogP contribution in [0, 0.1) is 0 Å². The Labute approximate surface area is 123 Å². The standard InChI is InChI=1S/C16H32O4/c1-3-4-5-6-7-8-9-10-11-19-16-13(2)20-14(12-17)15(16)18/h13-18H,3-12H2,1-2H3/t13-,14+,15-,16?/m0/s1. The number of aliphatic hydroxyl groups is 2. The third-order valence-electron chi connectivity index (χ3n) is 4.06. The fourth-order valence-electron chi connectivity index (χ4n) is 2.76. The van der Waals surface area contributed by atoms with E-state index in [0.29, 0.717) is 6.61 Å². The number of hydrogen-bond donors (Lipinski definition) is 2. The molecular formula is C16H32O4. The fraction of sp³-hybridized carbons (Fsp3) is 1.00. The molecule has 1 heterocycles. The number of aliphatic hydroxyl groups excluding tert-OH is 2. The maximum absolute atomic E-state index is 9.93. The van der Waals surface area contributed by atoms with Crippen molar-refractivity contribution in [1.29, 1.82) is 0 Å². The topological polar surface area (TPSA) is 58.9 Å². The van der Waals surface area contributed by atoms with Crippen molar-refractivity contribution < 1.29 is 19.7 Å². The molecule has 1 fully saturated rings. The summed E-state index contributed by atoms with van der Waals surface area (Å²) in [5.41, 5.74) is 0. The summed E-state index contributed by atoms with van der Waals surface area (Å²) in [5.74, 6) is 0. The van der Waals surface area contributed by atoms with Gasteiger partial charge in [0.05, 0.1) is 12.7 Å². The lowest BCUT2D eigenvalue weighted by Crippen LogP contribution is -2.35. The Balaban J connectivity index is 1.98. The summed E-state index contributed by atoms with van der Waals surface area (Å²) in [6.07, 6.45) is 8.53. The molecule has 20 heavy (non-hydrogen) atoms. The molecule has 2 N–H and O–H groups in total. The van der Waals surface area contributed by atoms with Crippen LogP contribution in [-0.4, -0.2) is 47.8 Å². The maximum atomic E-state index is 9.93. The Morgan fingerprint density at radius 2 is 1.60 bits per heavy atom. The molecule has 0 saturated carbocycles. The molecule has 1 unspecified atom stereocenters. The van der Waals surface area contributed by atoms with Crippen LogP contribution in [0.4, 0.5) is 0 Å². The monoisotopic (exact) mass is 288 g/mol. The van der Waals surface area contributed by atoms with Crippen LogP contribution in [-0.2, 0) is 9.47 Å². The minimum Gasteiger partial charge on any atom is -0.394 e.